The minimum Gasteiger partial charge on any atom is -0.302 e. The van der Waals surface area contributed by atoms with E-state index in [1.807, 2.05) is 36.4 Å². The molecular formula is C13H10N2O. The third kappa shape index (κ3) is 1.21. The lowest BCUT2D eigenvalue weighted by Gasteiger charge is -2.02. The maximum Gasteiger partial charge on any atom is 0.260 e. The number of aromatic nitrogens is 2. The summed E-state index contributed by atoms with van der Waals surface area (Å²) in [7, 11) is 1.71. The predicted octanol–water partition coefficient (Wildman–Crippen LogP) is 2.09. The molecule has 3 heteroatoms. The first kappa shape index (κ1) is 9.09. The average molecular weight is 210 g/mol. The van der Waals surface area contributed by atoms with Crippen molar-refractivity contribution in [3.63, 3.8) is 0 Å². The van der Waals surface area contributed by atoms with Crippen molar-refractivity contribution in [2.75, 3.05) is 0 Å². The van der Waals surface area contributed by atoms with E-state index < -0.39 is 0 Å². The Bertz CT molecular complexity index is 744. The van der Waals surface area contributed by atoms with Crippen molar-refractivity contribution in [1.29, 1.82) is 0 Å². The van der Waals surface area contributed by atoms with Crippen LogP contribution in [0.3, 0.4) is 0 Å². The van der Waals surface area contributed by atoms with Crippen LogP contribution in [-0.2, 0) is 7.05 Å². The first-order chi connectivity index (χ1) is 7.75. The Labute approximate surface area is 92.0 Å². The maximum absolute atomic E-state index is 11.9. The van der Waals surface area contributed by atoms with E-state index in [1.165, 1.54) is 4.57 Å². The summed E-state index contributed by atoms with van der Waals surface area (Å²) in [5.74, 6) is 0. The number of nitrogens with zero attached hydrogens (tertiary/aromatic N) is 2. The van der Waals surface area contributed by atoms with E-state index in [-0.39, 0.29) is 5.56 Å². The van der Waals surface area contributed by atoms with Crippen molar-refractivity contribution in [3.8, 4) is 0 Å². The van der Waals surface area contributed by atoms with Crippen molar-refractivity contribution in [2.45, 2.75) is 0 Å². The van der Waals surface area contributed by atoms with Gasteiger partial charge in [-0.3, -0.25) is 4.79 Å². The standard InChI is InChI=1S/C13H10N2O/c1-15-8-14-12-7-10-5-3-2-4-9(10)6-11(12)13(15)16/h2-8H,1H3. The van der Waals surface area contributed by atoms with Gasteiger partial charge in [-0.1, -0.05) is 24.3 Å². The molecule has 2 aromatic carbocycles. The lowest BCUT2D eigenvalue weighted by Crippen LogP contribution is -2.16. The van der Waals surface area contributed by atoms with Gasteiger partial charge in [-0.25, -0.2) is 4.98 Å². The Hall–Kier alpha value is -2.16. The zero-order valence-corrected chi connectivity index (χ0v) is 8.84. The quantitative estimate of drug-likeness (QED) is 0.532. The van der Waals surface area contributed by atoms with Crippen LogP contribution in [0.4, 0.5) is 0 Å². The summed E-state index contributed by atoms with van der Waals surface area (Å²) < 4.78 is 1.50. The maximum atomic E-state index is 11.9. The fourth-order valence-corrected chi connectivity index (χ4v) is 1.90. The van der Waals surface area contributed by atoms with Gasteiger partial charge in [-0.15, -0.1) is 0 Å². The van der Waals surface area contributed by atoms with E-state index >= 15 is 0 Å². The Kier molecular flexibility index (Phi) is 1.80. The monoisotopic (exact) mass is 210 g/mol. The second-order valence-corrected chi connectivity index (χ2v) is 3.88. The topological polar surface area (TPSA) is 34.9 Å². The third-order valence-electron chi connectivity index (χ3n) is 2.78. The number of benzene rings is 2. The molecule has 3 aromatic rings. The Morgan fingerprint density at radius 2 is 1.81 bits per heavy atom. The summed E-state index contributed by atoms with van der Waals surface area (Å²) in [4.78, 5) is 16.1. The number of aryl methyl sites for hydroxylation is 1. The molecule has 0 atom stereocenters. The van der Waals surface area contributed by atoms with Crippen LogP contribution < -0.4 is 5.56 Å². The van der Waals surface area contributed by atoms with Crippen molar-refractivity contribution in [1.82, 2.24) is 9.55 Å². The molecule has 0 aliphatic carbocycles. The van der Waals surface area contributed by atoms with E-state index in [0.717, 1.165) is 16.3 Å². The normalized spacial score (nSPS) is 11.1. The Balaban J connectivity index is 2.57. The first-order valence-electron chi connectivity index (χ1n) is 5.10. The summed E-state index contributed by atoms with van der Waals surface area (Å²) in [6.07, 6.45) is 1.56. The smallest absolute Gasteiger partial charge is 0.260 e. The average Bonchev–Trinajstić information content (AvgIpc) is 2.32. The van der Waals surface area contributed by atoms with E-state index in [1.54, 1.807) is 13.4 Å². The number of hydrogen-bond donors (Lipinski definition) is 0. The summed E-state index contributed by atoms with van der Waals surface area (Å²) in [5, 5.41) is 2.85. The number of fused-ring (bicyclic) bond motifs is 2. The predicted molar refractivity (Wildman–Crippen MR) is 64.5 cm³/mol. The first-order valence-corrected chi connectivity index (χ1v) is 5.10. The van der Waals surface area contributed by atoms with Crippen LogP contribution in [0.25, 0.3) is 21.7 Å². The van der Waals surface area contributed by atoms with E-state index in [9.17, 15) is 4.79 Å². The van der Waals surface area contributed by atoms with Gasteiger partial charge in [0.05, 0.1) is 17.2 Å². The van der Waals surface area contributed by atoms with Gasteiger partial charge in [-0.2, -0.15) is 0 Å². The zero-order valence-electron chi connectivity index (χ0n) is 8.84. The minimum absolute atomic E-state index is 0.00393. The molecule has 0 N–H and O–H groups in total. The fraction of sp³-hybridized carbons (Fsp3) is 0.0769. The molecule has 16 heavy (non-hydrogen) atoms. The molecule has 0 amide bonds. The highest BCUT2D eigenvalue weighted by molar-refractivity contribution is 5.95. The molecular weight excluding hydrogens is 200 g/mol. The molecule has 3 nitrogen and oxygen atoms in total. The summed E-state index contributed by atoms with van der Waals surface area (Å²) in [5.41, 5.74) is 0.748. The molecule has 0 aliphatic rings. The summed E-state index contributed by atoms with van der Waals surface area (Å²) in [6.45, 7) is 0. The molecule has 0 fully saturated rings. The summed E-state index contributed by atoms with van der Waals surface area (Å²) in [6, 6.07) is 11.8. The minimum atomic E-state index is -0.00393. The van der Waals surface area contributed by atoms with Crippen LogP contribution in [0.15, 0.2) is 47.5 Å². The molecule has 0 saturated carbocycles. The SMILES string of the molecule is Cn1cnc2cc3ccccc3cc2c1=O. The highest BCUT2D eigenvalue weighted by atomic mass is 16.1. The highest BCUT2D eigenvalue weighted by Crippen LogP contribution is 2.18. The van der Waals surface area contributed by atoms with E-state index in [4.69, 9.17) is 0 Å². The van der Waals surface area contributed by atoms with Crippen LogP contribution in [0.1, 0.15) is 0 Å². The molecule has 1 aromatic heterocycles. The van der Waals surface area contributed by atoms with Crippen molar-refractivity contribution in [3.05, 3.63) is 53.1 Å². The van der Waals surface area contributed by atoms with Crippen LogP contribution >= 0.6 is 0 Å². The molecule has 3 rings (SSSR count). The third-order valence-corrected chi connectivity index (χ3v) is 2.78. The lowest BCUT2D eigenvalue weighted by molar-refractivity contribution is 0.843. The van der Waals surface area contributed by atoms with Gasteiger partial charge in [0, 0.05) is 7.05 Å². The van der Waals surface area contributed by atoms with Crippen LogP contribution in [0.2, 0.25) is 0 Å². The molecule has 0 unspecified atom stereocenters. The van der Waals surface area contributed by atoms with Crippen molar-refractivity contribution >= 4 is 21.7 Å². The van der Waals surface area contributed by atoms with Gasteiger partial charge >= 0.3 is 0 Å². The van der Waals surface area contributed by atoms with Crippen LogP contribution in [-0.4, -0.2) is 9.55 Å². The molecule has 0 radical (unpaired) electrons. The molecule has 78 valence electrons. The van der Waals surface area contributed by atoms with Crippen LogP contribution in [0.5, 0.6) is 0 Å². The number of hydrogen-bond acceptors (Lipinski definition) is 2. The highest BCUT2D eigenvalue weighted by Gasteiger charge is 2.03. The molecule has 1 heterocycles. The molecule has 0 saturated heterocycles. The van der Waals surface area contributed by atoms with E-state index in [2.05, 4.69) is 4.98 Å². The van der Waals surface area contributed by atoms with Gasteiger partial charge in [-0.05, 0) is 22.9 Å². The molecule has 0 bridgehead atoms. The van der Waals surface area contributed by atoms with Gasteiger partial charge in [0.1, 0.15) is 0 Å². The number of rotatable bonds is 0. The van der Waals surface area contributed by atoms with Gasteiger partial charge < -0.3 is 4.57 Å². The Morgan fingerprint density at radius 1 is 1.12 bits per heavy atom. The fourth-order valence-electron chi connectivity index (χ4n) is 1.90. The van der Waals surface area contributed by atoms with Crippen molar-refractivity contribution < 1.29 is 0 Å². The van der Waals surface area contributed by atoms with Gasteiger partial charge in [0.15, 0.2) is 0 Å². The van der Waals surface area contributed by atoms with Crippen LogP contribution in [0, 0.1) is 0 Å². The molecule has 0 spiro atoms. The van der Waals surface area contributed by atoms with E-state index in [0.29, 0.717) is 5.39 Å². The van der Waals surface area contributed by atoms with Crippen molar-refractivity contribution in [2.24, 2.45) is 7.05 Å². The summed E-state index contributed by atoms with van der Waals surface area (Å²) >= 11 is 0. The molecule has 0 aliphatic heterocycles. The van der Waals surface area contributed by atoms with Gasteiger partial charge in [0.25, 0.3) is 5.56 Å². The second-order valence-electron chi connectivity index (χ2n) is 3.88. The second kappa shape index (κ2) is 3.17. The Morgan fingerprint density at radius 3 is 2.56 bits per heavy atom. The largest absolute Gasteiger partial charge is 0.302 e. The zero-order chi connectivity index (χ0) is 11.1. The lowest BCUT2D eigenvalue weighted by atomic mass is 10.1. The van der Waals surface area contributed by atoms with Gasteiger partial charge in [0.2, 0.25) is 0 Å².